The first-order valence-electron chi connectivity index (χ1n) is 7.44. The normalized spacial score (nSPS) is 27.9. The molecule has 112 valence electrons. The number of para-hydroxylation sites is 1. The van der Waals surface area contributed by atoms with Gasteiger partial charge in [-0.3, -0.25) is 4.79 Å². The van der Waals surface area contributed by atoms with Crippen LogP contribution in [-0.2, 0) is 9.59 Å². The third kappa shape index (κ3) is 2.48. The van der Waals surface area contributed by atoms with Gasteiger partial charge < -0.3 is 15.3 Å². The second kappa shape index (κ2) is 5.39. The van der Waals surface area contributed by atoms with Gasteiger partial charge in [0.25, 0.3) is 0 Å². The first-order chi connectivity index (χ1) is 10.1. The summed E-state index contributed by atoms with van der Waals surface area (Å²) in [5.41, 5.74) is 1.96. The van der Waals surface area contributed by atoms with Crippen molar-refractivity contribution in [3.05, 3.63) is 29.8 Å². The highest BCUT2D eigenvalue weighted by atomic mass is 16.4. The molecule has 2 N–H and O–H groups in total. The van der Waals surface area contributed by atoms with Gasteiger partial charge in [-0.05, 0) is 30.4 Å². The van der Waals surface area contributed by atoms with Crippen LogP contribution >= 0.6 is 0 Å². The zero-order valence-electron chi connectivity index (χ0n) is 12.1. The molecule has 1 fully saturated rings. The lowest BCUT2D eigenvalue weighted by molar-refractivity contribution is -0.153. The summed E-state index contributed by atoms with van der Waals surface area (Å²) in [6.07, 6.45) is 1.42. The number of carboxylic acid groups (broad SMARTS) is 1. The Bertz CT molecular complexity index is 572. The minimum atomic E-state index is -0.894. The molecule has 2 aliphatic rings. The minimum Gasteiger partial charge on any atom is -0.480 e. The van der Waals surface area contributed by atoms with Gasteiger partial charge in [-0.2, -0.15) is 0 Å². The van der Waals surface area contributed by atoms with Crippen molar-refractivity contribution in [2.24, 2.45) is 5.92 Å². The number of carbonyl (C=O) groups excluding carboxylic acids is 1. The molecule has 0 saturated carbocycles. The van der Waals surface area contributed by atoms with Crippen molar-refractivity contribution >= 4 is 17.6 Å². The summed E-state index contributed by atoms with van der Waals surface area (Å²) in [7, 11) is 0. The molecule has 1 aromatic rings. The molecule has 3 unspecified atom stereocenters. The number of nitrogens with one attached hydrogen (secondary N) is 1. The maximum absolute atomic E-state index is 12.8. The smallest absolute Gasteiger partial charge is 0.326 e. The number of anilines is 1. The summed E-state index contributed by atoms with van der Waals surface area (Å²) in [4.78, 5) is 25.8. The molecule has 21 heavy (non-hydrogen) atoms. The Morgan fingerprint density at radius 1 is 1.33 bits per heavy atom. The zero-order chi connectivity index (χ0) is 15.0. The molecule has 0 bridgehead atoms. The lowest BCUT2D eigenvalue weighted by Gasteiger charge is -2.37. The number of fused-ring (bicyclic) bond motifs is 1. The Morgan fingerprint density at radius 3 is 2.86 bits per heavy atom. The molecule has 1 amide bonds. The number of aliphatic carboxylic acids is 1. The lowest BCUT2D eigenvalue weighted by Crippen LogP contribution is -2.51. The molecule has 3 atom stereocenters. The molecule has 2 heterocycles. The maximum Gasteiger partial charge on any atom is 0.326 e. The quantitative estimate of drug-likeness (QED) is 0.872. The van der Waals surface area contributed by atoms with E-state index in [0.29, 0.717) is 25.4 Å². The van der Waals surface area contributed by atoms with E-state index in [-0.39, 0.29) is 11.8 Å². The number of likely N-dealkylation sites (tertiary alicyclic amines) is 1. The molecule has 0 aliphatic carbocycles. The third-order valence-electron chi connectivity index (χ3n) is 4.56. The highest BCUT2D eigenvalue weighted by Crippen LogP contribution is 2.34. The highest BCUT2D eigenvalue weighted by Gasteiger charge is 2.39. The zero-order valence-corrected chi connectivity index (χ0v) is 12.1. The fourth-order valence-electron chi connectivity index (χ4n) is 3.34. The number of carbonyl (C=O) groups is 2. The van der Waals surface area contributed by atoms with E-state index in [9.17, 15) is 14.7 Å². The number of amides is 1. The average molecular weight is 288 g/mol. The van der Waals surface area contributed by atoms with Gasteiger partial charge in [-0.15, -0.1) is 0 Å². The first kappa shape index (κ1) is 13.9. The average Bonchev–Trinajstić information content (AvgIpc) is 2.90. The number of piperidine rings is 1. The van der Waals surface area contributed by atoms with Crippen LogP contribution in [0, 0.1) is 5.92 Å². The van der Waals surface area contributed by atoms with Crippen LogP contribution in [0.2, 0.25) is 0 Å². The molecule has 0 aromatic heterocycles. The van der Waals surface area contributed by atoms with E-state index >= 15 is 0 Å². The predicted molar refractivity (Wildman–Crippen MR) is 79.2 cm³/mol. The van der Waals surface area contributed by atoms with E-state index in [0.717, 1.165) is 17.7 Å². The van der Waals surface area contributed by atoms with E-state index < -0.39 is 12.0 Å². The van der Waals surface area contributed by atoms with Gasteiger partial charge in [0, 0.05) is 18.8 Å². The number of benzene rings is 1. The largest absolute Gasteiger partial charge is 0.480 e. The summed E-state index contributed by atoms with van der Waals surface area (Å²) in [5.74, 6) is -0.874. The fourth-order valence-corrected chi connectivity index (χ4v) is 3.34. The Hall–Kier alpha value is -2.04. The van der Waals surface area contributed by atoms with Gasteiger partial charge in [0.2, 0.25) is 5.91 Å². The summed E-state index contributed by atoms with van der Waals surface area (Å²) in [6.45, 7) is 3.14. The summed E-state index contributed by atoms with van der Waals surface area (Å²) in [6, 6.07) is 7.06. The van der Waals surface area contributed by atoms with Gasteiger partial charge in [0.1, 0.15) is 6.04 Å². The van der Waals surface area contributed by atoms with Crippen molar-refractivity contribution < 1.29 is 14.7 Å². The van der Waals surface area contributed by atoms with Crippen LogP contribution in [0.1, 0.15) is 31.2 Å². The molecule has 2 aliphatic heterocycles. The first-order valence-corrected chi connectivity index (χ1v) is 7.44. The van der Waals surface area contributed by atoms with Crippen LogP contribution in [0.15, 0.2) is 24.3 Å². The van der Waals surface area contributed by atoms with Gasteiger partial charge in [-0.1, -0.05) is 25.1 Å². The van der Waals surface area contributed by atoms with Crippen molar-refractivity contribution in [2.75, 3.05) is 18.4 Å². The van der Waals surface area contributed by atoms with E-state index in [4.69, 9.17) is 0 Å². The van der Waals surface area contributed by atoms with Crippen LogP contribution in [0.3, 0.4) is 0 Å². The van der Waals surface area contributed by atoms with Crippen LogP contribution < -0.4 is 5.32 Å². The van der Waals surface area contributed by atoms with Crippen LogP contribution in [0.4, 0.5) is 5.69 Å². The molecule has 5 heteroatoms. The van der Waals surface area contributed by atoms with Gasteiger partial charge in [0.05, 0.1) is 5.92 Å². The van der Waals surface area contributed by atoms with E-state index in [1.54, 1.807) is 4.90 Å². The summed E-state index contributed by atoms with van der Waals surface area (Å²) < 4.78 is 0. The monoisotopic (exact) mass is 288 g/mol. The molecule has 3 rings (SSSR count). The van der Waals surface area contributed by atoms with Gasteiger partial charge in [0.15, 0.2) is 0 Å². The molecule has 1 saturated heterocycles. The SMILES string of the molecule is CC1CCN(C(=O)C2CNc3ccccc32)C(C(=O)O)C1. The van der Waals surface area contributed by atoms with Crippen LogP contribution in [0.25, 0.3) is 0 Å². The molecule has 0 radical (unpaired) electrons. The Balaban J connectivity index is 1.83. The van der Waals surface area contributed by atoms with Crippen molar-refractivity contribution in [3.63, 3.8) is 0 Å². The molecule has 5 nitrogen and oxygen atoms in total. The number of nitrogens with zero attached hydrogens (tertiary/aromatic N) is 1. The van der Waals surface area contributed by atoms with Crippen molar-refractivity contribution in [1.29, 1.82) is 0 Å². The lowest BCUT2D eigenvalue weighted by atomic mass is 9.90. The summed E-state index contributed by atoms with van der Waals surface area (Å²) >= 11 is 0. The minimum absolute atomic E-state index is 0.0632. The Labute approximate surface area is 123 Å². The standard InChI is InChI=1S/C16H20N2O3/c1-10-6-7-18(14(8-10)16(20)21)15(19)12-9-17-13-5-3-2-4-11(12)13/h2-5,10,12,14,17H,6-9H2,1H3,(H,20,21). The van der Waals surface area contributed by atoms with E-state index in [2.05, 4.69) is 5.32 Å². The van der Waals surface area contributed by atoms with E-state index in [1.165, 1.54) is 0 Å². The van der Waals surface area contributed by atoms with Crippen molar-refractivity contribution in [1.82, 2.24) is 4.90 Å². The topological polar surface area (TPSA) is 69.6 Å². The van der Waals surface area contributed by atoms with Crippen LogP contribution in [0.5, 0.6) is 0 Å². The van der Waals surface area contributed by atoms with Crippen LogP contribution in [-0.4, -0.2) is 41.0 Å². The third-order valence-corrected chi connectivity index (χ3v) is 4.56. The maximum atomic E-state index is 12.8. The number of hydrogen-bond donors (Lipinski definition) is 2. The van der Waals surface area contributed by atoms with Crippen molar-refractivity contribution in [3.8, 4) is 0 Å². The fraction of sp³-hybridized carbons (Fsp3) is 0.500. The summed E-state index contributed by atoms with van der Waals surface area (Å²) in [5, 5.41) is 12.6. The van der Waals surface area contributed by atoms with Gasteiger partial charge >= 0.3 is 5.97 Å². The van der Waals surface area contributed by atoms with Crippen molar-refractivity contribution in [2.45, 2.75) is 31.7 Å². The second-order valence-corrected chi connectivity index (χ2v) is 6.04. The second-order valence-electron chi connectivity index (χ2n) is 6.04. The molecule has 0 spiro atoms. The molecule has 1 aromatic carbocycles. The number of hydrogen-bond acceptors (Lipinski definition) is 3. The molecular weight excluding hydrogens is 268 g/mol. The number of rotatable bonds is 2. The predicted octanol–water partition coefficient (Wildman–Crippen LogP) is 1.91. The Morgan fingerprint density at radius 2 is 2.10 bits per heavy atom. The van der Waals surface area contributed by atoms with E-state index in [1.807, 2.05) is 31.2 Å². The highest BCUT2D eigenvalue weighted by molar-refractivity contribution is 5.91. The molecular formula is C16H20N2O3. The number of carboxylic acids is 1. The van der Waals surface area contributed by atoms with Gasteiger partial charge in [-0.25, -0.2) is 4.79 Å². The Kier molecular flexibility index (Phi) is 3.57.